The lowest BCUT2D eigenvalue weighted by Gasteiger charge is -2.12. The molecular weight excluding hydrogens is 459 g/mol. The molecule has 2 N–H and O–H groups in total. The van der Waals surface area contributed by atoms with Crippen LogP contribution in [0.3, 0.4) is 0 Å². The van der Waals surface area contributed by atoms with Crippen molar-refractivity contribution in [1.82, 2.24) is 30.0 Å². The van der Waals surface area contributed by atoms with E-state index in [0.717, 1.165) is 33.4 Å². The van der Waals surface area contributed by atoms with Crippen molar-refractivity contribution in [3.63, 3.8) is 0 Å². The summed E-state index contributed by atoms with van der Waals surface area (Å²) in [5, 5.41) is 11.8. The number of imidazole rings is 1. The number of H-pyrrole nitrogens is 2. The van der Waals surface area contributed by atoms with Crippen molar-refractivity contribution < 1.29 is 4.39 Å². The fraction of sp³-hybridized carbons (Fsp3) is 0.148. The van der Waals surface area contributed by atoms with E-state index in [2.05, 4.69) is 31.6 Å². The molecule has 0 aliphatic carbocycles. The Morgan fingerprint density at radius 1 is 1.17 bits per heavy atom. The Labute approximate surface area is 206 Å². The number of thiophene rings is 1. The lowest BCUT2D eigenvalue weighted by atomic mass is 9.99. The summed E-state index contributed by atoms with van der Waals surface area (Å²) in [6, 6.07) is 7.50. The summed E-state index contributed by atoms with van der Waals surface area (Å²) in [5.41, 5.74) is 6.65. The second-order valence-corrected chi connectivity index (χ2v) is 9.26. The van der Waals surface area contributed by atoms with Gasteiger partial charge in [-0.1, -0.05) is 24.8 Å². The van der Waals surface area contributed by atoms with Gasteiger partial charge in [-0.25, -0.2) is 9.37 Å². The number of aromatic nitrogens is 5. The van der Waals surface area contributed by atoms with E-state index in [1.807, 2.05) is 62.1 Å². The maximum atomic E-state index is 16.0. The van der Waals surface area contributed by atoms with Gasteiger partial charge in [-0.2, -0.15) is 16.4 Å². The van der Waals surface area contributed by atoms with Crippen molar-refractivity contribution >= 4 is 38.8 Å². The van der Waals surface area contributed by atoms with Gasteiger partial charge in [0, 0.05) is 29.2 Å². The fourth-order valence-electron chi connectivity index (χ4n) is 4.18. The van der Waals surface area contributed by atoms with Crippen molar-refractivity contribution in [3.8, 4) is 22.8 Å². The minimum atomic E-state index is -0.347. The molecule has 0 aliphatic heterocycles. The molecule has 5 aromatic rings. The summed E-state index contributed by atoms with van der Waals surface area (Å²) < 4.78 is 16.0. The Hall–Kier alpha value is -3.88. The van der Waals surface area contributed by atoms with Crippen LogP contribution >= 0.6 is 11.3 Å². The number of aromatic amines is 2. The van der Waals surface area contributed by atoms with Crippen molar-refractivity contribution in [1.29, 1.82) is 0 Å². The summed E-state index contributed by atoms with van der Waals surface area (Å²) >= 11 is 1.60. The first kappa shape index (κ1) is 22.9. The molecule has 0 atom stereocenters. The summed E-state index contributed by atoms with van der Waals surface area (Å²) in [7, 11) is 3.98. The molecule has 8 heteroatoms. The predicted molar refractivity (Wildman–Crippen MR) is 143 cm³/mol. The van der Waals surface area contributed by atoms with Crippen LogP contribution < -0.4 is 0 Å². The zero-order valence-corrected chi connectivity index (χ0v) is 20.6. The molecular formula is C27H25FN6S. The second kappa shape index (κ2) is 9.40. The van der Waals surface area contributed by atoms with Crippen LogP contribution in [-0.2, 0) is 0 Å². The standard InChI is InChI=1S/C27H25FN6S/c1-5-16(14-34(3)4)13-17(6-2)19-7-8-20-22(23(19)28)26(33-32-20)27-30-21-9-11-29-24(25(21)31-27)18-10-12-35-15-18/h5-13,15H,1,14H2,2-4H3,(H,30,31)(H,32,33)/b16-13+,17-6+. The van der Waals surface area contributed by atoms with Crippen LogP contribution in [0.2, 0.25) is 0 Å². The van der Waals surface area contributed by atoms with Crippen molar-refractivity contribution in [2.75, 3.05) is 20.6 Å². The number of halogens is 1. The summed E-state index contributed by atoms with van der Waals surface area (Å²) in [6.07, 6.45) is 7.42. The Morgan fingerprint density at radius 2 is 2.03 bits per heavy atom. The molecule has 0 radical (unpaired) electrons. The SMILES string of the molecule is C=C/C(=C\C(=C/C)c1ccc2[nH]nc(-c3nc4c(-c5ccsc5)nccc4[nH]3)c2c1F)CN(C)C. The molecule has 6 nitrogen and oxygen atoms in total. The van der Waals surface area contributed by atoms with E-state index >= 15 is 4.39 Å². The third-order valence-electron chi connectivity index (χ3n) is 5.81. The number of rotatable bonds is 7. The average Bonchev–Trinajstić information content (AvgIpc) is 3.61. The number of fused-ring (bicyclic) bond motifs is 2. The van der Waals surface area contributed by atoms with Gasteiger partial charge in [-0.3, -0.25) is 10.1 Å². The van der Waals surface area contributed by atoms with Crippen LogP contribution in [0.1, 0.15) is 12.5 Å². The molecule has 0 fully saturated rings. The van der Waals surface area contributed by atoms with Crippen LogP contribution in [-0.4, -0.2) is 50.7 Å². The van der Waals surface area contributed by atoms with Crippen LogP contribution in [0.15, 0.2) is 71.6 Å². The highest BCUT2D eigenvalue weighted by Gasteiger charge is 2.20. The van der Waals surface area contributed by atoms with Crippen molar-refractivity contribution in [2.24, 2.45) is 0 Å². The van der Waals surface area contributed by atoms with E-state index in [-0.39, 0.29) is 5.82 Å². The zero-order chi connectivity index (χ0) is 24.5. The molecule has 176 valence electrons. The maximum absolute atomic E-state index is 16.0. The Morgan fingerprint density at radius 3 is 2.74 bits per heavy atom. The normalized spacial score (nSPS) is 12.8. The van der Waals surface area contributed by atoms with Crippen LogP contribution in [0.4, 0.5) is 4.39 Å². The highest BCUT2D eigenvalue weighted by Crippen LogP contribution is 2.34. The van der Waals surface area contributed by atoms with E-state index in [1.54, 1.807) is 29.7 Å². The number of allylic oxidation sites excluding steroid dienone is 3. The van der Waals surface area contributed by atoms with Crippen LogP contribution in [0, 0.1) is 5.82 Å². The molecule has 1 aromatic carbocycles. The van der Waals surface area contributed by atoms with Gasteiger partial charge < -0.3 is 9.88 Å². The number of hydrogen-bond donors (Lipinski definition) is 2. The van der Waals surface area contributed by atoms with Gasteiger partial charge in [0.25, 0.3) is 0 Å². The number of likely N-dealkylation sites (N-methyl/N-ethyl adjacent to an activating group) is 1. The summed E-state index contributed by atoms with van der Waals surface area (Å²) in [4.78, 5) is 14.7. The fourth-order valence-corrected chi connectivity index (χ4v) is 4.82. The van der Waals surface area contributed by atoms with Gasteiger partial charge in [0.15, 0.2) is 5.82 Å². The molecule has 5 rings (SSSR count). The number of nitrogens with zero attached hydrogens (tertiary/aromatic N) is 4. The molecule has 4 aromatic heterocycles. The lowest BCUT2D eigenvalue weighted by molar-refractivity contribution is 0.449. The molecule has 0 spiro atoms. The minimum absolute atomic E-state index is 0.347. The average molecular weight is 485 g/mol. The molecule has 0 bridgehead atoms. The predicted octanol–water partition coefficient (Wildman–Crippen LogP) is 6.45. The van der Waals surface area contributed by atoms with Gasteiger partial charge >= 0.3 is 0 Å². The van der Waals surface area contributed by atoms with Gasteiger partial charge in [0.1, 0.15) is 17.0 Å². The molecule has 0 aliphatic rings. The van der Waals surface area contributed by atoms with Crippen molar-refractivity contribution in [3.05, 3.63) is 83.0 Å². The first-order valence-electron chi connectivity index (χ1n) is 11.2. The number of nitrogens with one attached hydrogen (secondary N) is 2. The Balaban J connectivity index is 1.64. The van der Waals surface area contributed by atoms with Gasteiger partial charge in [0.05, 0.1) is 22.1 Å². The minimum Gasteiger partial charge on any atom is -0.336 e. The quantitative estimate of drug-likeness (QED) is 0.261. The maximum Gasteiger partial charge on any atom is 0.159 e. The third kappa shape index (κ3) is 4.22. The number of benzene rings is 1. The lowest BCUT2D eigenvalue weighted by Crippen LogP contribution is -2.14. The van der Waals surface area contributed by atoms with Crippen LogP contribution in [0.5, 0.6) is 0 Å². The molecule has 0 saturated heterocycles. The van der Waals surface area contributed by atoms with Gasteiger partial charge in [0.2, 0.25) is 0 Å². The van der Waals surface area contributed by atoms with E-state index in [9.17, 15) is 0 Å². The highest BCUT2D eigenvalue weighted by molar-refractivity contribution is 7.08. The Bertz CT molecular complexity index is 1590. The molecule has 0 amide bonds. The zero-order valence-electron chi connectivity index (χ0n) is 19.8. The summed E-state index contributed by atoms with van der Waals surface area (Å²) in [6.45, 7) is 6.52. The van der Waals surface area contributed by atoms with Crippen molar-refractivity contribution in [2.45, 2.75) is 6.92 Å². The largest absolute Gasteiger partial charge is 0.336 e. The molecule has 4 heterocycles. The van der Waals surface area contributed by atoms with Gasteiger partial charge in [-0.05, 0) is 61.8 Å². The monoisotopic (exact) mass is 484 g/mol. The first-order valence-corrected chi connectivity index (χ1v) is 12.1. The topological polar surface area (TPSA) is 73.5 Å². The van der Waals surface area contributed by atoms with E-state index < -0.39 is 0 Å². The van der Waals surface area contributed by atoms with E-state index in [4.69, 9.17) is 4.98 Å². The van der Waals surface area contributed by atoms with E-state index in [0.29, 0.717) is 34.5 Å². The molecule has 0 saturated carbocycles. The molecule has 0 unspecified atom stereocenters. The highest BCUT2D eigenvalue weighted by atomic mass is 32.1. The van der Waals surface area contributed by atoms with Crippen LogP contribution in [0.25, 0.3) is 50.3 Å². The van der Waals surface area contributed by atoms with E-state index in [1.165, 1.54) is 0 Å². The second-order valence-electron chi connectivity index (χ2n) is 8.48. The number of hydrogen-bond acceptors (Lipinski definition) is 5. The van der Waals surface area contributed by atoms with Gasteiger partial charge in [-0.15, -0.1) is 0 Å². The smallest absolute Gasteiger partial charge is 0.159 e. The third-order valence-corrected chi connectivity index (χ3v) is 6.49. The summed E-state index contributed by atoms with van der Waals surface area (Å²) in [5.74, 6) is 0.143. The molecule has 35 heavy (non-hydrogen) atoms. The Kier molecular flexibility index (Phi) is 6.15. The number of pyridine rings is 1. The first-order chi connectivity index (χ1) is 17.0.